The second-order valence-corrected chi connectivity index (χ2v) is 7.96. The van der Waals surface area contributed by atoms with E-state index in [0.29, 0.717) is 28.7 Å². The molecule has 0 N–H and O–H groups in total. The van der Waals surface area contributed by atoms with Gasteiger partial charge in [-0.15, -0.1) is 11.6 Å². The Balaban J connectivity index is 2.37. The lowest BCUT2D eigenvalue weighted by Gasteiger charge is -2.24. The Labute approximate surface area is 132 Å². The Morgan fingerprint density at radius 1 is 1.38 bits per heavy atom. The molecule has 1 aromatic carbocycles. The number of halogens is 1. The molecule has 0 spiro atoms. The number of methoxy groups -OCH3 is 1. The van der Waals surface area contributed by atoms with Gasteiger partial charge in [0.1, 0.15) is 5.75 Å². The minimum atomic E-state index is -3.47. The lowest BCUT2D eigenvalue weighted by atomic mass is 10.2. The number of rotatable bonds is 7. The highest BCUT2D eigenvalue weighted by Gasteiger charge is 2.38. The van der Waals surface area contributed by atoms with Crippen molar-refractivity contribution in [2.45, 2.75) is 43.5 Å². The van der Waals surface area contributed by atoms with Crippen LogP contribution in [0.1, 0.15) is 32.3 Å². The Kier molecular flexibility index (Phi) is 5.17. The monoisotopic (exact) mass is 331 g/mol. The molecule has 6 heteroatoms. The normalized spacial score (nSPS) is 15.7. The highest BCUT2D eigenvalue weighted by atomic mass is 35.5. The van der Waals surface area contributed by atoms with E-state index in [1.165, 1.54) is 0 Å². The van der Waals surface area contributed by atoms with Crippen LogP contribution < -0.4 is 4.74 Å². The number of benzene rings is 1. The van der Waals surface area contributed by atoms with Crippen LogP contribution in [0.25, 0.3) is 0 Å². The van der Waals surface area contributed by atoms with Crippen LogP contribution in [-0.2, 0) is 15.9 Å². The van der Waals surface area contributed by atoms with Crippen molar-refractivity contribution in [3.8, 4) is 5.75 Å². The Morgan fingerprint density at radius 3 is 2.52 bits per heavy atom. The molecule has 0 atom stereocenters. The van der Waals surface area contributed by atoms with Gasteiger partial charge >= 0.3 is 0 Å². The summed E-state index contributed by atoms with van der Waals surface area (Å²) in [5.41, 5.74) is 0.695. The molecule has 0 heterocycles. The van der Waals surface area contributed by atoms with Gasteiger partial charge in [-0.3, -0.25) is 0 Å². The molecule has 4 nitrogen and oxygen atoms in total. The van der Waals surface area contributed by atoms with Crippen LogP contribution in [-0.4, -0.2) is 32.4 Å². The van der Waals surface area contributed by atoms with Gasteiger partial charge in [0.2, 0.25) is 10.0 Å². The predicted molar refractivity (Wildman–Crippen MR) is 84.3 cm³/mol. The maximum absolute atomic E-state index is 12.9. The summed E-state index contributed by atoms with van der Waals surface area (Å²) >= 11 is 5.88. The van der Waals surface area contributed by atoms with Crippen molar-refractivity contribution in [3.05, 3.63) is 23.8 Å². The standard InChI is InChI=1S/C15H22ClNO3S/c1-11(2)10-17(13-4-5-13)21(18,19)14-6-7-15(20-3)12(8-14)9-16/h6-8,11,13H,4-5,9-10H2,1-3H3. The summed E-state index contributed by atoms with van der Waals surface area (Å²) in [7, 11) is -1.92. The van der Waals surface area contributed by atoms with Crippen LogP contribution >= 0.6 is 11.6 Å². The minimum absolute atomic E-state index is 0.152. The van der Waals surface area contributed by atoms with E-state index in [1.54, 1.807) is 29.6 Å². The molecule has 2 rings (SSSR count). The van der Waals surface area contributed by atoms with Crippen molar-refractivity contribution in [2.24, 2.45) is 5.92 Å². The minimum Gasteiger partial charge on any atom is -0.496 e. The van der Waals surface area contributed by atoms with Gasteiger partial charge in [-0.2, -0.15) is 4.31 Å². The number of alkyl halides is 1. The van der Waals surface area contributed by atoms with Crippen molar-refractivity contribution in [3.63, 3.8) is 0 Å². The average molecular weight is 332 g/mol. The van der Waals surface area contributed by atoms with E-state index in [-0.39, 0.29) is 11.9 Å². The zero-order chi connectivity index (χ0) is 15.6. The van der Waals surface area contributed by atoms with E-state index in [2.05, 4.69) is 0 Å². The fourth-order valence-electron chi connectivity index (χ4n) is 2.32. The molecule has 0 radical (unpaired) electrons. The highest BCUT2D eigenvalue weighted by molar-refractivity contribution is 7.89. The summed E-state index contributed by atoms with van der Waals surface area (Å²) in [5.74, 6) is 1.14. The van der Waals surface area contributed by atoms with Crippen molar-refractivity contribution < 1.29 is 13.2 Å². The second kappa shape index (κ2) is 6.55. The van der Waals surface area contributed by atoms with Gasteiger partial charge in [0.05, 0.1) is 17.9 Å². The molecule has 0 amide bonds. The molecule has 118 valence electrons. The first kappa shape index (κ1) is 16.6. The first-order valence-electron chi connectivity index (χ1n) is 7.15. The molecular weight excluding hydrogens is 310 g/mol. The van der Waals surface area contributed by atoms with Crippen molar-refractivity contribution in [2.75, 3.05) is 13.7 Å². The van der Waals surface area contributed by atoms with E-state index in [1.807, 2.05) is 13.8 Å². The molecule has 0 aliphatic heterocycles. The zero-order valence-electron chi connectivity index (χ0n) is 12.7. The molecule has 0 aromatic heterocycles. The van der Waals surface area contributed by atoms with Crippen LogP contribution in [0, 0.1) is 5.92 Å². The van der Waals surface area contributed by atoms with Gasteiger partial charge in [-0.25, -0.2) is 8.42 Å². The largest absolute Gasteiger partial charge is 0.496 e. The molecule has 0 saturated heterocycles. The molecule has 0 bridgehead atoms. The summed E-state index contributed by atoms with van der Waals surface area (Å²) in [6.45, 7) is 4.61. The van der Waals surface area contributed by atoms with Gasteiger partial charge < -0.3 is 4.74 Å². The van der Waals surface area contributed by atoms with Crippen molar-refractivity contribution in [1.82, 2.24) is 4.31 Å². The van der Waals surface area contributed by atoms with E-state index >= 15 is 0 Å². The van der Waals surface area contributed by atoms with E-state index in [9.17, 15) is 8.42 Å². The molecule has 1 aliphatic rings. The Bertz CT molecular complexity index is 597. The van der Waals surface area contributed by atoms with Gasteiger partial charge in [-0.1, -0.05) is 13.8 Å². The fraction of sp³-hybridized carbons (Fsp3) is 0.600. The molecular formula is C15H22ClNO3S. The lowest BCUT2D eigenvalue weighted by molar-refractivity contribution is 0.360. The average Bonchev–Trinajstić information content (AvgIpc) is 3.28. The lowest BCUT2D eigenvalue weighted by Crippen LogP contribution is -2.36. The first-order chi connectivity index (χ1) is 9.90. The summed E-state index contributed by atoms with van der Waals surface area (Å²) < 4.78 is 32.6. The molecule has 21 heavy (non-hydrogen) atoms. The third-order valence-electron chi connectivity index (χ3n) is 3.50. The molecule has 1 aromatic rings. The number of ether oxygens (including phenoxy) is 1. The van der Waals surface area contributed by atoms with E-state index in [0.717, 1.165) is 12.8 Å². The van der Waals surface area contributed by atoms with E-state index < -0.39 is 10.0 Å². The number of nitrogens with zero attached hydrogens (tertiary/aromatic N) is 1. The molecule has 1 fully saturated rings. The zero-order valence-corrected chi connectivity index (χ0v) is 14.2. The van der Waals surface area contributed by atoms with Crippen molar-refractivity contribution >= 4 is 21.6 Å². The van der Waals surface area contributed by atoms with Gasteiger partial charge in [0.25, 0.3) is 0 Å². The van der Waals surface area contributed by atoms with E-state index in [4.69, 9.17) is 16.3 Å². The Hall–Kier alpha value is -0.780. The van der Waals surface area contributed by atoms with Crippen LogP contribution in [0.2, 0.25) is 0 Å². The molecule has 0 unspecified atom stereocenters. The number of sulfonamides is 1. The molecule has 1 aliphatic carbocycles. The SMILES string of the molecule is COc1ccc(S(=O)(=O)N(CC(C)C)C2CC2)cc1CCl. The smallest absolute Gasteiger partial charge is 0.243 e. The number of hydrogen-bond donors (Lipinski definition) is 0. The fourth-order valence-corrected chi connectivity index (χ4v) is 4.43. The van der Waals surface area contributed by atoms with Crippen LogP contribution in [0.5, 0.6) is 5.75 Å². The maximum Gasteiger partial charge on any atom is 0.243 e. The van der Waals surface area contributed by atoms with Crippen LogP contribution in [0.4, 0.5) is 0 Å². The summed E-state index contributed by atoms with van der Waals surface area (Å²) in [6.07, 6.45) is 1.90. The van der Waals surface area contributed by atoms with Crippen LogP contribution in [0.3, 0.4) is 0 Å². The quantitative estimate of drug-likeness (QED) is 0.720. The van der Waals surface area contributed by atoms with Crippen molar-refractivity contribution in [1.29, 1.82) is 0 Å². The second-order valence-electron chi connectivity index (χ2n) is 5.81. The summed E-state index contributed by atoms with van der Waals surface area (Å²) in [6, 6.07) is 5.04. The van der Waals surface area contributed by atoms with Gasteiger partial charge in [0, 0.05) is 18.2 Å². The third-order valence-corrected chi connectivity index (χ3v) is 5.70. The van der Waals surface area contributed by atoms with Crippen LogP contribution in [0.15, 0.2) is 23.1 Å². The number of hydrogen-bond acceptors (Lipinski definition) is 3. The summed E-state index contributed by atoms with van der Waals surface area (Å²) in [5, 5.41) is 0. The third kappa shape index (κ3) is 3.71. The Morgan fingerprint density at radius 2 is 2.05 bits per heavy atom. The summed E-state index contributed by atoms with van der Waals surface area (Å²) in [4.78, 5) is 0.298. The predicted octanol–water partition coefficient (Wildman–Crippen LogP) is 3.24. The molecule has 1 saturated carbocycles. The topological polar surface area (TPSA) is 46.6 Å². The van der Waals surface area contributed by atoms with Gasteiger partial charge in [-0.05, 0) is 37.0 Å². The first-order valence-corrected chi connectivity index (χ1v) is 9.12. The highest BCUT2D eigenvalue weighted by Crippen LogP contribution is 2.34. The van der Waals surface area contributed by atoms with Gasteiger partial charge in [0.15, 0.2) is 0 Å². The maximum atomic E-state index is 12.9.